The summed E-state index contributed by atoms with van der Waals surface area (Å²) in [6.45, 7) is 7.77. The second-order valence-electron chi connectivity index (χ2n) is 10.2. The Labute approximate surface area is 225 Å². The van der Waals surface area contributed by atoms with Crippen LogP contribution in [0.15, 0.2) is 24.3 Å². The Kier molecular flexibility index (Phi) is 14.4. The topological polar surface area (TPSA) is 197 Å². The van der Waals surface area contributed by atoms with Crippen LogP contribution in [0.5, 0.6) is 5.75 Å². The highest BCUT2D eigenvalue weighted by Crippen LogP contribution is 2.13. The van der Waals surface area contributed by atoms with Gasteiger partial charge in [0.1, 0.15) is 23.9 Å². The molecule has 9 N–H and O–H groups in total. The molecule has 1 aromatic rings. The first-order valence-electron chi connectivity index (χ1n) is 13.3. The van der Waals surface area contributed by atoms with Gasteiger partial charge < -0.3 is 37.6 Å². The molecule has 1 rings (SSSR count). The van der Waals surface area contributed by atoms with Gasteiger partial charge in [0.2, 0.25) is 17.7 Å². The maximum atomic E-state index is 13.3. The fourth-order valence-electron chi connectivity index (χ4n) is 3.93. The highest BCUT2D eigenvalue weighted by molar-refractivity contribution is 5.94. The van der Waals surface area contributed by atoms with E-state index in [9.17, 15) is 29.4 Å². The zero-order valence-electron chi connectivity index (χ0n) is 22.9. The fourth-order valence-corrected chi connectivity index (χ4v) is 3.93. The predicted molar refractivity (Wildman–Crippen MR) is 145 cm³/mol. The number of rotatable bonds is 17. The lowest BCUT2D eigenvalue weighted by atomic mass is 9.97. The van der Waals surface area contributed by atoms with Gasteiger partial charge in [-0.15, -0.1) is 0 Å². The smallest absolute Gasteiger partial charge is 0.326 e. The molecule has 0 aromatic heterocycles. The zero-order chi connectivity index (χ0) is 28.8. The molecular formula is C27H45N5O6. The highest BCUT2D eigenvalue weighted by Gasteiger charge is 2.32. The summed E-state index contributed by atoms with van der Waals surface area (Å²) in [6.07, 6.45) is 2.55. The number of unbranched alkanes of at least 4 members (excludes halogenated alkanes) is 1. The van der Waals surface area contributed by atoms with Crippen LogP contribution in [0.2, 0.25) is 0 Å². The molecule has 0 saturated heterocycles. The summed E-state index contributed by atoms with van der Waals surface area (Å²) in [5.41, 5.74) is 12.4. The number of benzene rings is 1. The molecule has 5 unspecified atom stereocenters. The third-order valence-electron chi connectivity index (χ3n) is 6.43. The van der Waals surface area contributed by atoms with E-state index in [0.29, 0.717) is 32.2 Å². The summed E-state index contributed by atoms with van der Waals surface area (Å²) < 4.78 is 0. The first-order valence-corrected chi connectivity index (χ1v) is 13.3. The lowest BCUT2D eigenvalue weighted by Gasteiger charge is -2.27. The maximum absolute atomic E-state index is 13.3. The second-order valence-corrected chi connectivity index (χ2v) is 10.2. The van der Waals surface area contributed by atoms with Crippen LogP contribution >= 0.6 is 0 Å². The van der Waals surface area contributed by atoms with E-state index in [1.54, 1.807) is 19.1 Å². The van der Waals surface area contributed by atoms with E-state index in [-0.39, 0.29) is 30.4 Å². The van der Waals surface area contributed by atoms with Gasteiger partial charge in [0, 0.05) is 0 Å². The van der Waals surface area contributed by atoms with Gasteiger partial charge in [0.05, 0.1) is 6.04 Å². The lowest BCUT2D eigenvalue weighted by Crippen LogP contribution is -2.58. The quantitative estimate of drug-likeness (QED) is 0.143. The van der Waals surface area contributed by atoms with Crippen molar-refractivity contribution in [3.05, 3.63) is 29.8 Å². The number of hydrogen-bond acceptors (Lipinski definition) is 7. The van der Waals surface area contributed by atoms with Crippen LogP contribution in [0.3, 0.4) is 0 Å². The maximum Gasteiger partial charge on any atom is 0.326 e. The number of carbonyl (C=O) groups is 4. The second kappa shape index (κ2) is 16.6. The normalized spacial score (nSPS) is 15.1. The third-order valence-corrected chi connectivity index (χ3v) is 6.43. The molecule has 1 aromatic carbocycles. The number of carbonyl (C=O) groups excluding carboxylic acids is 3. The summed E-state index contributed by atoms with van der Waals surface area (Å²) in [5, 5.41) is 27.0. The Morgan fingerprint density at radius 3 is 2.00 bits per heavy atom. The number of carboxylic acids is 1. The van der Waals surface area contributed by atoms with E-state index in [1.807, 2.05) is 20.8 Å². The van der Waals surface area contributed by atoms with Crippen molar-refractivity contribution < 1.29 is 29.4 Å². The number of hydrogen-bond donors (Lipinski definition) is 7. The first kappa shape index (κ1) is 32.8. The molecule has 0 aliphatic carbocycles. The van der Waals surface area contributed by atoms with Gasteiger partial charge in [-0.1, -0.05) is 46.2 Å². The fraction of sp³-hybridized carbons (Fsp3) is 0.630. The van der Waals surface area contributed by atoms with Crippen molar-refractivity contribution in [3.8, 4) is 5.75 Å². The number of aromatic hydroxyl groups is 1. The molecule has 5 atom stereocenters. The molecule has 0 saturated carbocycles. The van der Waals surface area contributed by atoms with Gasteiger partial charge in [-0.25, -0.2) is 4.79 Å². The van der Waals surface area contributed by atoms with E-state index in [4.69, 9.17) is 11.5 Å². The summed E-state index contributed by atoms with van der Waals surface area (Å²) in [5.74, 6) is -2.98. The van der Waals surface area contributed by atoms with Crippen LogP contribution in [0.4, 0.5) is 0 Å². The number of aliphatic carboxylic acids is 1. The number of phenolic OH excluding ortho intramolecular Hbond substituents is 1. The van der Waals surface area contributed by atoms with Crippen molar-refractivity contribution in [2.75, 3.05) is 6.54 Å². The number of carboxylic acid groups (broad SMARTS) is 1. The summed E-state index contributed by atoms with van der Waals surface area (Å²) >= 11 is 0. The zero-order valence-corrected chi connectivity index (χ0v) is 22.9. The van der Waals surface area contributed by atoms with Gasteiger partial charge in [-0.2, -0.15) is 0 Å². The number of amides is 3. The predicted octanol–water partition coefficient (Wildman–Crippen LogP) is 1.02. The van der Waals surface area contributed by atoms with Crippen molar-refractivity contribution in [3.63, 3.8) is 0 Å². The van der Waals surface area contributed by atoms with E-state index >= 15 is 0 Å². The van der Waals surface area contributed by atoms with Crippen LogP contribution in [-0.4, -0.2) is 64.6 Å². The van der Waals surface area contributed by atoms with E-state index in [1.165, 1.54) is 12.1 Å². The summed E-state index contributed by atoms with van der Waals surface area (Å²) in [4.78, 5) is 50.9. The van der Waals surface area contributed by atoms with Crippen LogP contribution in [0, 0.1) is 11.8 Å². The van der Waals surface area contributed by atoms with E-state index in [0.717, 1.165) is 5.56 Å². The molecule has 0 fully saturated rings. The van der Waals surface area contributed by atoms with Gasteiger partial charge in [-0.3, -0.25) is 14.4 Å². The SMILES string of the molecule is CCC(C)C(NC(=O)C(CC(C)C)NC(=O)C(CCCCN)NC(=O)C(N)Cc1ccc(O)cc1)C(=O)O. The Balaban J connectivity index is 2.99. The van der Waals surface area contributed by atoms with Gasteiger partial charge in [0.15, 0.2) is 0 Å². The largest absolute Gasteiger partial charge is 0.508 e. The minimum absolute atomic E-state index is 0.0296. The van der Waals surface area contributed by atoms with Crippen molar-refractivity contribution in [2.45, 2.75) is 90.4 Å². The molecule has 0 radical (unpaired) electrons. The summed E-state index contributed by atoms with van der Waals surface area (Å²) in [6, 6.07) is 2.36. The van der Waals surface area contributed by atoms with Gasteiger partial charge in [0.25, 0.3) is 0 Å². The molecule has 11 nitrogen and oxygen atoms in total. The molecule has 11 heteroatoms. The molecule has 0 bridgehead atoms. The lowest BCUT2D eigenvalue weighted by molar-refractivity contribution is -0.144. The van der Waals surface area contributed by atoms with Crippen LogP contribution in [0.25, 0.3) is 0 Å². The summed E-state index contributed by atoms with van der Waals surface area (Å²) in [7, 11) is 0. The molecule has 214 valence electrons. The van der Waals surface area contributed by atoms with Crippen molar-refractivity contribution >= 4 is 23.7 Å². The number of phenols is 1. The van der Waals surface area contributed by atoms with Gasteiger partial charge in [-0.05, 0) is 68.2 Å². The monoisotopic (exact) mass is 535 g/mol. The van der Waals surface area contributed by atoms with E-state index < -0.39 is 47.9 Å². The van der Waals surface area contributed by atoms with E-state index in [2.05, 4.69) is 16.0 Å². The molecule has 0 aliphatic rings. The Hall–Kier alpha value is -3.18. The molecule has 0 heterocycles. The van der Waals surface area contributed by atoms with Crippen LogP contribution in [-0.2, 0) is 25.6 Å². The molecular weight excluding hydrogens is 490 g/mol. The average Bonchev–Trinajstić information content (AvgIpc) is 2.86. The van der Waals surface area contributed by atoms with Gasteiger partial charge >= 0.3 is 5.97 Å². The average molecular weight is 536 g/mol. The molecule has 0 spiro atoms. The molecule has 3 amide bonds. The Bertz CT molecular complexity index is 908. The first-order chi connectivity index (χ1) is 17.9. The van der Waals surface area contributed by atoms with Crippen LogP contribution in [0.1, 0.15) is 65.4 Å². The minimum atomic E-state index is -1.14. The highest BCUT2D eigenvalue weighted by atomic mass is 16.4. The Morgan fingerprint density at radius 1 is 0.895 bits per heavy atom. The minimum Gasteiger partial charge on any atom is -0.508 e. The number of nitrogens with two attached hydrogens (primary N) is 2. The van der Waals surface area contributed by atoms with Crippen molar-refractivity contribution in [1.29, 1.82) is 0 Å². The third kappa shape index (κ3) is 11.5. The molecule has 38 heavy (non-hydrogen) atoms. The van der Waals surface area contributed by atoms with Crippen molar-refractivity contribution in [1.82, 2.24) is 16.0 Å². The standard InChI is InChI=1S/C27H45N5O6/c1-5-17(4)23(27(37)38)32-26(36)22(14-16(2)3)31-25(35)21(8-6-7-13-28)30-24(34)20(29)15-18-9-11-19(33)12-10-18/h9-12,16-17,20-23,33H,5-8,13-15,28-29H2,1-4H3,(H,30,34)(H,31,35)(H,32,36)(H,37,38). The number of nitrogens with one attached hydrogen (secondary N) is 3. The van der Waals surface area contributed by atoms with Crippen molar-refractivity contribution in [2.24, 2.45) is 23.3 Å². The van der Waals surface area contributed by atoms with Crippen LogP contribution < -0.4 is 27.4 Å². The molecule has 0 aliphatic heterocycles. The Morgan fingerprint density at radius 2 is 1.47 bits per heavy atom.